The first-order valence-corrected chi connectivity index (χ1v) is 15.3. The molecule has 2 N–H and O–H groups in total. The molecule has 4 aromatic rings. The first-order chi connectivity index (χ1) is 19.3. The van der Waals surface area contributed by atoms with Crippen LogP contribution in [0.2, 0.25) is 6.04 Å². The Labute approximate surface area is 236 Å². The van der Waals surface area contributed by atoms with Crippen LogP contribution in [0.3, 0.4) is 0 Å². The average Bonchev–Trinajstić information content (AvgIpc) is 3.63. The van der Waals surface area contributed by atoms with Gasteiger partial charge in [0.25, 0.3) is 15.0 Å². The summed E-state index contributed by atoms with van der Waals surface area (Å²) in [6.45, 7) is 5.90. The number of halogens is 4. The summed E-state index contributed by atoms with van der Waals surface area (Å²) in [5, 5.41) is 10.4. The van der Waals surface area contributed by atoms with Crippen LogP contribution in [0.5, 0.6) is 0 Å². The number of carbonyl (C=O) groups is 1. The minimum Gasteiger partial charge on any atom is -0.381 e. The fraction of sp³-hybridized carbons (Fsp3) is 0.444. The lowest BCUT2D eigenvalue weighted by molar-refractivity contribution is -0.139. The van der Waals surface area contributed by atoms with Crippen molar-refractivity contribution in [3.8, 4) is 11.5 Å². The van der Waals surface area contributed by atoms with Crippen LogP contribution in [0, 0.1) is 0 Å². The van der Waals surface area contributed by atoms with Crippen LogP contribution in [0.25, 0.3) is 22.4 Å². The third-order valence-electron chi connectivity index (χ3n) is 7.18. The standard InChI is InChI=1S/C27H33F4N7O2Si/c1-26(2,3)37-9-8-17(14-37)25(39)32-13-22-34-24(35-40-22)21-12-18-19(33-23-15-36(4)10-11-41(23)31)6-5-7-20(18)38(21)16-27(28,29)30/h5-9,12,14,23,33,41H,10-11,13,15-16H2,1-4H3,(H,32,39)/t23-,41-/m0/s1. The summed E-state index contributed by atoms with van der Waals surface area (Å²) in [7, 11) is -0.634. The van der Waals surface area contributed by atoms with E-state index in [1.165, 1.54) is 0 Å². The van der Waals surface area contributed by atoms with E-state index in [-0.39, 0.29) is 41.1 Å². The first kappa shape index (κ1) is 28.9. The molecule has 0 radical (unpaired) electrons. The number of alkyl halides is 3. The maximum absolute atomic E-state index is 14.8. The number of carbonyl (C=O) groups excluding carboxylic acids is 1. The molecular weight excluding hydrogens is 558 g/mol. The fourth-order valence-electron chi connectivity index (χ4n) is 5.00. The smallest absolute Gasteiger partial charge is 0.381 e. The second-order valence-corrected chi connectivity index (χ2v) is 13.9. The van der Waals surface area contributed by atoms with Gasteiger partial charge in [0.2, 0.25) is 11.7 Å². The van der Waals surface area contributed by atoms with Gasteiger partial charge in [-0.2, -0.15) is 18.2 Å². The molecule has 2 atom stereocenters. The zero-order valence-electron chi connectivity index (χ0n) is 23.3. The maximum atomic E-state index is 14.8. The van der Waals surface area contributed by atoms with Crippen molar-refractivity contribution in [3.05, 3.63) is 54.2 Å². The van der Waals surface area contributed by atoms with E-state index in [9.17, 15) is 22.1 Å². The van der Waals surface area contributed by atoms with Gasteiger partial charge in [-0.15, -0.1) is 0 Å². The number of amides is 1. The van der Waals surface area contributed by atoms with Crippen LogP contribution in [0.15, 0.2) is 47.2 Å². The summed E-state index contributed by atoms with van der Waals surface area (Å²) < 4.78 is 64.1. The molecule has 0 saturated carbocycles. The minimum absolute atomic E-state index is 0.0438. The van der Waals surface area contributed by atoms with Crippen LogP contribution in [0.1, 0.15) is 37.0 Å². The van der Waals surface area contributed by atoms with Crippen molar-refractivity contribution < 1.29 is 26.6 Å². The quantitative estimate of drug-likeness (QED) is 0.184. The minimum atomic E-state index is -4.52. The molecule has 220 valence electrons. The Bertz CT molecular complexity index is 1540. The van der Waals surface area contributed by atoms with Crippen molar-refractivity contribution in [3.63, 3.8) is 0 Å². The lowest BCUT2D eigenvalue weighted by atomic mass is 10.1. The van der Waals surface area contributed by atoms with E-state index < -0.39 is 21.9 Å². The number of nitrogens with zero attached hydrogens (tertiary/aromatic N) is 5. The summed E-state index contributed by atoms with van der Waals surface area (Å²) in [5.41, 5.74) is 0.865. The Balaban J connectivity index is 1.40. The molecule has 5 rings (SSSR count). The summed E-state index contributed by atoms with van der Waals surface area (Å²) in [4.78, 5) is 19.0. The van der Waals surface area contributed by atoms with Crippen LogP contribution in [-0.4, -0.2) is 71.2 Å². The number of nitrogens with one attached hydrogen (secondary N) is 2. The molecule has 0 bridgehead atoms. The van der Waals surface area contributed by atoms with Crippen LogP contribution < -0.4 is 10.6 Å². The number of rotatable bonds is 7. The topological polar surface area (TPSA) is 93.2 Å². The number of anilines is 1. The summed E-state index contributed by atoms with van der Waals surface area (Å²) in [6, 6.07) is 8.73. The van der Waals surface area contributed by atoms with Gasteiger partial charge in [0.15, 0.2) is 0 Å². The molecule has 1 aliphatic heterocycles. The molecule has 1 aliphatic rings. The fourth-order valence-corrected chi connectivity index (χ4v) is 7.04. The normalized spacial score (nSPS) is 18.6. The number of likely N-dealkylation sites (N-methyl/N-ethyl adjacent to an activating group) is 1. The number of fused-ring (bicyclic) bond motifs is 1. The van der Waals surface area contributed by atoms with Crippen molar-refractivity contribution in [2.24, 2.45) is 0 Å². The Morgan fingerprint density at radius 3 is 2.71 bits per heavy atom. The van der Waals surface area contributed by atoms with Gasteiger partial charge < -0.3 is 33.3 Å². The summed E-state index contributed by atoms with van der Waals surface area (Å²) >= 11 is 0. The summed E-state index contributed by atoms with van der Waals surface area (Å²) in [5.74, 6) is -0.352. The molecule has 41 heavy (non-hydrogen) atoms. The molecule has 3 aromatic heterocycles. The van der Waals surface area contributed by atoms with E-state index in [1.807, 2.05) is 43.5 Å². The van der Waals surface area contributed by atoms with Crippen molar-refractivity contribution in [1.82, 2.24) is 29.5 Å². The lowest BCUT2D eigenvalue weighted by Gasteiger charge is -2.32. The molecule has 4 heterocycles. The first-order valence-electron chi connectivity index (χ1n) is 13.4. The molecule has 0 spiro atoms. The van der Waals surface area contributed by atoms with Gasteiger partial charge in [-0.25, -0.2) is 0 Å². The van der Waals surface area contributed by atoms with Gasteiger partial charge in [0.05, 0.1) is 29.0 Å². The van der Waals surface area contributed by atoms with Gasteiger partial charge >= 0.3 is 6.18 Å². The molecule has 9 nitrogen and oxygen atoms in total. The monoisotopic (exact) mass is 591 g/mol. The number of hydrogen-bond acceptors (Lipinski definition) is 6. The maximum Gasteiger partial charge on any atom is 0.406 e. The van der Waals surface area contributed by atoms with Crippen LogP contribution >= 0.6 is 0 Å². The van der Waals surface area contributed by atoms with Gasteiger partial charge in [-0.1, -0.05) is 11.2 Å². The Kier molecular flexibility index (Phi) is 7.72. The number of hydrogen-bond donors (Lipinski definition) is 2. The molecule has 1 saturated heterocycles. The highest BCUT2D eigenvalue weighted by Gasteiger charge is 2.33. The zero-order chi connectivity index (χ0) is 29.5. The van der Waals surface area contributed by atoms with Gasteiger partial charge in [-0.3, -0.25) is 4.79 Å². The second-order valence-electron chi connectivity index (χ2n) is 11.5. The van der Waals surface area contributed by atoms with E-state index >= 15 is 0 Å². The van der Waals surface area contributed by atoms with Crippen molar-refractivity contribution in [2.45, 2.75) is 57.3 Å². The van der Waals surface area contributed by atoms with Crippen molar-refractivity contribution >= 4 is 31.6 Å². The van der Waals surface area contributed by atoms with E-state index in [0.29, 0.717) is 41.3 Å². The Hall–Kier alpha value is -3.65. The Morgan fingerprint density at radius 2 is 2.00 bits per heavy atom. The molecule has 1 fully saturated rings. The van der Waals surface area contributed by atoms with Gasteiger partial charge in [0.1, 0.15) is 6.54 Å². The predicted octanol–water partition coefficient (Wildman–Crippen LogP) is 4.70. The highest BCUT2D eigenvalue weighted by molar-refractivity contribution is 6.54. The van der Waals surface area contributed by atoms with E-state index in [2.05, 4.69) is 20.8 Å². The molecule has 0 aliphatic carbocycles. The highest BCUT2D eigenvalue weighted by atomic mass is 28.3. The van der Waals surface area contributed by atoms with Crippen LogP contribution in [-0.2, 0) is 18.6 Å². The Morgan fingerprint density at radius 1 is 1.22 bits per heavy atom. The lowest BCUT2D eigenvalue weighted by Crippen LogP contribution is -2.49. The van der Waals surface area contributed by atoms with Crippen molar-refractivity contribution in [2.75, 3.05) is 25.5 Å². The van der Waals surface area contributed by atoms with E-state index in [4.69, 9.17) is 4.52 Å². The second kappa shape index (κ2) is 11.0. The van der Waals surface area contributed by atoms with Crippen molar-refractivity contribution in [1.29, 1.82) is 0 Å². The zero-order valence-corrected chi connectivity index (χ0v) is 24.5. The van der Waals surface area contributed by atoms with E-state index in [1.54, 1.807) is 36.5 Å². The largest absolute Gasteiger partial charge is 0.406 e. The van der Waals surface area contributed by atoms with E-state index in [0.717, 1.165) is 4.57 Å². The van der Waals surface area contributed by atoms with Crippen LogP contribution in [0.4, 0.5) is 23.0 Å². The SMILES string of the molecule is CN1CC[Si@H](F)[C@H](Nc2cccc3c2cc(-c2noc(CNC(=O)c4ccn(C(C)(C)C)c4)n2)n3CC(F)(F)F)C1. The molecular formula is C27H33F4N7O2Si. The highest BCUT2D eigenvalue weighted by Crippen LogP contribution is 2.35. The molecule has 1 amide bonds. The number of benzene rings is 1. The number of aromatic nitrogens is 4. The molecule has 0 unspecified atom stereocenters. The predicted molar refractivity (Wildman–Crippen MR) is 150 cm³/mol. The van der Waals surface area contributed by atoms with Gasteiger partial charge in [-0.05, 0) is 64.7 Å². The molecule has 14 heteroatoms. The summed E-state index contributed by atoms with van der Waals surface area (Å²) in [6.07, 6.45) is -0.976. The molecule has 1 aromatic carbocycles. The third kappa shape index (κ3) is 6.48. The third-order valence-corrected chi connectivity index (χ3v) is 9.24. The average molecular weight is 592 g/mol. The van der Waals surface area contributed by atoms with Gasteiger partial charge in [0, 0.05) is 35.6 Å².